The highest BCUT2D eigenvalue weighted by Crippen LogP contribution is 2.25. The second-order valence-electron chi connectivity index (χ2n) is 6.32. The van der Waals surface area contributed by atoms with Gasteiger partial charge in [-0.25, -0.2) is 4.21 Å². The van der Waals surface area contributed by atoms with Gasteiger partial charge in [-0.3, -0.25) is 0 Å². The van der Waals surface area contributed by atoms with E-state index in [1.807, 2.05) is 20.8 Å². The molecule has 0 radical (unpaired) electrons. The lowest BCUT2D eigenvalue weighted by Crippen LogP contribution is -2.22. The molecule has 1 saturated carbocycles. The van der Waals surface area contributed by atoms with Crippen molar-refractivity contribution in [3.8, 4) is 5.75 Å². The lowest BCUT2D eigenvalue weighted by atomic mass is 10.1. The van der Waals surface area contributed by atoms with Gasteiger partial charge in [0.2, 0.25) is 0 Å². The Morgan fingerprint density at radius 3 is 2.65 bits per heavy atom. The summed E-state index contributed by atoms with van der Waals surface area (Å²) in [6.45, 7) is 2.77. The van der Waals surface area contributed by atoms with E-state index in [4.69, 9.17) is 4.74 Å². The third-order valence-electron chi connectivity index (χ3n) is 3.09. The minimum atomic E-state index is -2.89. The molecule has 0 N–H and O–H groups in total. The lowest BCUT2D eigenvalue weighted by Gasteiger charge is -2.16. The summed E-state index contributed by atoms with van der Waals surface area (Å²) in [6.07, 6.45) is 2.22. The summed E-state index contributed by atoms with van der Waals surface area (Å²) in [5, 5.41) is 0. The maximum Gasteiger partial charge on any atom is 0.387 e. The van der Waals surface area contributed by atoms with Gasteiger partial charge in [0.15, 0.2) is 0 Å². The Kier molecular flexibility index (Phi) is 5.86. The van der Waals surface area contributed by atoms with Gasteiger partial charge in [-0.15, -0.1) is 0 Å². The molecule has 0 spiro atoms. The van der Waals surface area contributed by atoms with E-state index >= 15 is 0 Å². The second kappa shape index (κ2) is 7.49. The molecule has 1 atom stereocenters. The molecule has 0 bridgehead atoms. The minimum Gasteiger partial charge on any atom is -0.435 e. The first kappa shape index (κ1) is 18.0. The minimum absolute atomic E-state index is 0.0400. The van der Waals surface area contributed by atoms with E-state index in [2.05, 4.69) is 9.13 Å². The molecule has 23 heavy (non-hydrogen) atoms. The van der Waals surface area contributed by atoms with Gasteiger partial charge >= 0.3 is 6.61 Å². The van der Waals surface area contributed by atoms with Crippen molar-refractivity contribution >= 4 is 16.7 Å². The summed E-state index contributed by atoms with van der Waals surface area (Å²) in [4.78, 5) is 0. The van der Waals surface area contributed by atoms with Crippen LogP contribution < -0.4 is 4.74 Å². The first-order valence-electron chi connectivity index (χ1n) is 7.42. The molecule has 2 rings (SSSR count). The number of hydrogen-bond acceptors (Lipinski definition) is 3. The number of ether oxygens (including phenoxy) is 2. The summed E-state index contributed by atoms with van der Waals surface area (Å²) in [5.41, 5.74) is 1.05. The van der Waals surface area contributed by atoms with Crippen molar-refractivity contribution in [2.24, 2.45) is 4.40 Å². The summed E-state index contributed by atoms with van der Waals surface area (Å²) < 4.78 is 50.8. The molecule has 0 saturated heterocycles. The zero-order chi connectivity index (χ0) is 17.0. The number of alkyl halides is 2. The molecule has 1 aliphatic carbocycles. The van der Waals surface area contributed by atoms with E-state index in [-0.39, 0.29) is 18.5 Å². The molecule has 0 aliphatic heterocycles. The second-order valence-corrected chi connectivity index (χ2v) is 8.22. The summed E-state index contributed by atoms with van der Waals surface area (Å²) in [6, 6.07) is 6.21. The number of nitrogens with zero attached hydrogens (tertiary/aromatic N) is 1. The molecule has 1 fully saturated rings. The van der Waals surface area contributed by atoms with Crippen molar-refractivity contribution in [1.82, 2.24) is 0 Å². The van der Waals surface area contributed by atoms with Crippen LogP contribution in [0.5, 0.6) is 5.75 Å². The molecule has 0 heterocycles. The van der Waals surface area contributed by atoms with Crippen LogP contribution in [0.3, 0.4) is 0 Å². The van der Waals surface area contributed by atoms with E-state index in [0.717, 1.165) is 12.8 Å². The Hall–Kier alpha value is -1.34. The SMILES string of the molecule is CC(C)(C)[S@@](=O)/N=C(\COC1CC1)c1cccc(OC(F)F)c1. The third kappa shape index (κ3) is 5.99. The van der Waals surface area contributed by atoms with Crippen molar-refractivity contribution in [1.29, 1.82) is 0 Å². The van der Waals surface area contributed by atoms with E-state index in [0.29, 0.717) is 11.3 Å². The van der Waals surface area contributed by atoms with E-state index < -0.39 is 22.3 Å². The van der Waals surface area contributed by atoms with Crippen molar-refractivity contribution < 1.29 is 22.5 Å². The molecule has 128 valence electrons. The lowest BCUT2D eigenvalue weighted by molar-refractivity contribution is -0.0498. The molecule has 0 amide bonds. The van der Waals surface area contributed by atoms with Crippen molar-refractivity contribution in [3.63, 3.8) is 0 Å². The van der Waals surface area contributed by atoms with E-state index in [1.54, 1.807) is 12.1 Å². The van der Waals surface area contributed by atoms with Crippen LogP contribution in [0.15, 0.2) is 28.7 Å². The van der Waals surface area contributed by atoms with Gasteiger partial charge in [-0.05, 0) is 45.7 Å². The Morgan fingerprint density at radius 1 is 1.39 bits per heavy atom. The van der Waals surface area contributed by atoms with Gasteiger partial charge in [-0.1, -0.05) is 12.1 Å². The molecule has 0 aromatic heterocycles. The standard InChI is InChI=1S/C16H21F2NO3S/c1-16(2,3)23(20)19-14(10-21-12-7-8-12)11-5-4-6-13(9-11)22-15(17)18/h4-6,9,12,15H,7-8,10H2,1-3H3/b19-14+/t23-/m1/s1. The van der Waals surface area contributed by atoms with E-state index in [1.165, 1.54) is 12.1 Å². The van der Waals surface area contributed by atoms with Gasteiger partial charge in [0.25, 0.3) is 0 Å². The number of rotatable bonds is 7. The summed E-state index contributed by atoms with van der Waals surface area (Å²) >= 11 is 0. The first-order valence-corrected chi connectivity index (χ1v) is 8.53. The molecule has 0 unspecified atom stereocenters. The zero-order valence-corrected chi connectivity index (χ0v) is 14.2. The highest BCUT2D eigenvalue weighted by atomic mass is 32.2. The molecule has 7 heteroatoms. The number of halogens is 2. The van der Waals surface area contributed by atoms with Gasteiger partial charge < -0.3 is 9.47 Å². The molecule has 1 aromatic rings. The predicted molar refractivity (Wildman–Crippen MR) is 86.5 cm³/mol. The average Bonchev–Trinajstić information content (AvgIpc) is 3.25. The van der Waals surface area contributed by atoms with Crippen LogP contribution in [0.2, 0.25) is 0 Å². The van der Waals surface area contributed by atoms with Gasteiger partial charge in [0.05, 0.1) is 23.2 Å². The Balaban J connectivity index is 2.24. The molecular formula is C16H21F2NO3S. The van der Waals surface area contributed by atoms with Crippen LogP contribution in [0.1, 0.15) is 39.2 Å². The first-order chi connectivity index (χ1) is 10.8. The fourth-order valence-corrected chi connectivity index (χ4v) is 2.31. The fourth-order valence-electron chi connectivity index (χ4n) is 1.68. The molecule has 1 aromatic carbocycles. The fraction of sp³-hybridized carbons (Fsp3) is 0.562. The summed E-state index contributed by atoms with van der Waals surface area (Å²) in [5.74, 6) is 0.0400. The van der Waals surface area contributed by atoms with E-state index in [9.17, 15) is 13.0 Å². The average molecular weight is 345 g/mol. The van der Waals surface area contributed by atoms with Crippen LogP contribution in [0.25, 0.3) is 0 Å². The monoisotopic (exact) mass is 345 g/mol. The Bertz CT molecular complexity index is 595. The smallest absolute Gasteiger partial charge is 0.387 e. The van der Waals surface area contributed by atoms with Crippen LogP contribution in [0, 0.1) is 0 Å². The molecule has 1 aliphatic rings. The van der Waals surface area contributed by atoms with Crippen LogP contribution in [-0.2, 0) is 15.7 Å². The number of hydrogen-bond donors (Lipinski definition) is 0. The molecular weight excluding hydrogens is 324 g/mol. The van der Waals surface area contributed by atoms with Crippen LogP contribution in [-0.4, -0.2) is 34.0 Å². The quantitative estimate of drug-likeness (QED) is 0.708. The predicted octanol–water partition coefficient (Wildman–Crippen LogP) is 3.72. The Morgan fingerprint density at radius 2 is 2.09 bits per heavy atom. The van der Waals surface area contributed by atoms with Crippen molar-refractivity contribution in [3.05, 3.63) is 29.8 Å². The van der Waals surface area contributed by atoms with Crippen molar-refractivity contribution in [2.75, 3.05) is 6.61 Å². The highest BCUT2D eigenvalue weighted by Gasteiger charge is 2.24. The van der Waals surface area contributed by atoms with Crippen LogP contribution in [0.4, 0.5) is 8.78 Å². The van der Waals surface area contributed by atoms with Crippen molar-refractivity contribution in [2.45, 2.75) is 51.1 Å². The van der Waals surface area contributed by atoms with Crippen LogP contribution >= 0.6 is 0 Å². The maximum atomic E-state index is 12.4. The normalized spacial score (nSPS) is 17.4. The largest absolute Gasteiger partial charge is 0.435 e. The van der Waals surface area contributed by atoms with Gasteiger partial charge in [0, 0.05) is 5.56 Å². The number of benzene rings is 1. The molecule has 4 nitrogen and oxygen atoms in total. The Labute approximate surface area is 137 Å². The topological polar surface area (TPSA) is 47.9 Å². The van der Waals surface area contributed by atoms with Gasteiger partial charge in [-0.2, -0.15) is 13.2 Å². The third-order valence-corrected chi connectivity index (χ3v) is 4.52. The van der Waals surface area contributed by atoms with Gasteiger partial charge in [0.1, 0.15) is 16.7 Å². The highest BCUT2D eigenvalue weighted by molar-refractivity contribution is 7.85. The maximum absolute atomic E-state index is 12.4. The zero-order valence-electron chi connectivity index (χ0n) is 13.4. The summed E-state index contributed by atoms with van der Waals surface area (Å²) in [7, 11) is -1.46.